The lowest BCUT2D eigenvalue weighted by atomic mass is 10.0. The first-order valence-electron chi connectivity index (χ1n) is 7.27. The van der Waals surface area contributed by atoms with E-state index in [1.807, 2.05) is 54.6 Å². The van der Waals surface area contributed by atoms with Crippen LogP contribution in [0.15, 0.2) is 60.7 Å². The fraction of sp³-hybridized carbons (Fsp3) is 0.105. The molecule has 0 aliphatic heterocycles. The third-order valence-corrected chi connectivity index (χ3v) is 3.49. The van der Waals surface area contributed by atoms with E-state index in [4.69, 9.17) is 4.74 Å². The number of benzene rings is 2. The molecule has 4 heteroatoms. The molecule has 0 N–H and O–H groups in total. The molecule has 0 aliphatic carbocycles. The van der Waals surface area contributed by atoms with Crippen LogP contribution in [0.4, 0.5) is 0 Å². The van der Waals surface area contributed by atoms with Crippen molar-refractivity contribution in [3.63, 3.8) is 0 Å². The highest BCUT2D eigenvalue weighted by atomic mass is 16.5. The van der Waals surface area contributed by atoms with Crippen molar-refractivity contribution in [2.24, 2.45) is 0 Å². The SMILES string of the molecule is CC(=O)OCC(=O)c1cc(-c2ccccc2)nc2ccccc12. The normalized spacial score (nSPS) is 10.5. The van der Waals surface area contributed by atoms with E-state index < -0.39 is 5.97 Å². The predicted octanol–water partition coefficient (Wildman–Crippen LogP) is 3.65. The van der Waals surface area contributed by atoms with Crippen LogP contribution < -0.4 is 0 Å². The summed E-state index contributed by atoms with van der Waals surface area (Å²) in [4.78, 5) is 28.0. The van der Waals surface area contributed by atoms with Crippen LogP contribution in [0.2, 0.25) is 0 Å². The minimum absolute atomic E-state index is 0.240. The molecule has 23 heavy (non-hydrogen) atoms. The third-order valence-electron chi connectivity index (χ3n) is 3.49. The number of carbonyl (C=O) groups is 2. The number of carbonyl (C=O) groups excluding carboxylic acids is 2. The molecular weight excluding hydrogens is 290 g/mol. The maximum Gasteiger partial charge on any atom is 0.303 e. The van der Waals surface area contributed by atoms with Crippen LogP contribution in [0.3, 0.4) is 0 Å². The van der Waals surface area contributed by atoms with Crippen LogP contribution in [-0.4, -0.2) is 23.3 Å². The zero-order valence-corrected chi connectivity index (χ0v) is 12.7. The Hall–Kier alpha value is -3.01. The van der Waals surface area contributed by atoms with Crippen molar-refractivity contribution in [1.29, 1.82) is 0 Å². The molecule has 1 heterocycles. The molecule has 0 fully saturated rings. The Labute approximate surface area is 133 Å². The zero-order chi connectivity index (χ0) is 16.2. The van der Waals surface area contributed by atoms with E-state index >= 15 is 0 Å². The minimum atomic E-state index is -0.472. The number of ketones is 1. The molecule has 4 nitrogen and oxygen atoms in total. The highest BCUT2D eigenvalue weighted by Crippen LogP contribution is 2.25. The van der Waals surface area contributed by atoms with Crippen molar-refractivity contribution >= 4 is 22.7 Å². The van der Waals surface area contributed by atoms with E-state index in [2.05, 4.69) is 4.98 Å². The standard InChI is InChI=1S/C19H15NO3/c1-13(21)23-12-19(22)16-11-18(14-7-3-2-4-8-14)20-17-10-6-5-9-15(16)17/h2-11H,12H2,1H3. The molecule has 0 saturated carbocycles. The van der Waals surface area contributed by atoms with E-state index in [0.29, 0.717) is 5.56 Å². The Morgan fingerprint density at radius 2 is 1.70 bits per heavy atom. The quantitative estimate of drug-likeness (QED) is 0.545. The second-order valence-corrected chi connectivity index (χ2v) is 5.14. The first-order valence-corrected chi connectivity index (χ1v) is 7.27. The molecular formula is C19H15NO3. The molecule has 0 amide bonds. The molecule has 0 atom stereocenters. The van der Waals surface area contributed by atoms with Gasteiger partial charge in [0.2, 0.25) is 5.78 Å². The van der Waals surface area contributed by atoms with E-state index in [9.17, 15) is 9.59 Å². The molecule has 0 saturated heterocycles. The second kappa shape index (κ2) is 6.40. The molecule has 114 valence electrons. The summed E-state index contributed by atoms with van der Waals surface area (Å²) in [7, 11) is 0. The van der Waals surface area contributed by atoms with E-state index in [1.54, 1.807) is 6.07 Å². The van der Waals surface area contributed by atoms with Crippen molar-refractivity contribution in [2.45, 2.75) is 6.92 Å². The van der Waals surface area contributed by atoms with E-state index in [1.165, 1.54) is 6.92 Å². The van der Waals surface area contributed by atoms with Gasteiger partial charge in [-0.2, -0.15) is 0 Å². The summed E-state index contributed by atoms with van der Waals surface area (Å²) < 4.78 is 4.84. The van der Waals surface area contributed by atoms with Gasteiger partial charge >= 0.3 is 5.97 Å². The van der Waals surface area contributed by atoms with Crippen LogP contribution >= 0.6 is 0 Å². The number of pyridine rings is 1. The molecule has 1 aromatic heterocycles. The smallest absolute Gasteiger partial charge is 0.303 e. The summed E-state index contributed by atoms with van der Waals surface area (Å²) in [5.74, 6) is -0.712. The number of ether oxygens (including phenoxy) is 1. The number of rotatable bonds is 4. The van der Waals surface area contributed by atoms with Gasteiger partial charge in [-0.15, -0.1) is 0 Å². The number of fused-ring (bicyclic) bond motifs is 1. The highest BCUT2D eigenvalue weighted by Gasteiger charge is 2.14. The van der Waals surface area contributed by atoms with Crippen LogP contribution in [0.25, 0.3) is 22.2 Å². The monoisotopic (exact) mass is 305 g/mol. The number of hydrogen-bond donors (Lipinski definition) is 0. The molecule has 0 spiro atoms. The second-order valence-electron chi connectivity index (χ2n) is 5.14. The number of nitrogens with zero attached hydrogens (tertiary/aromatic N) is 1. The fourth-order valence-corrected chi connectivity index (χ4v) is 2.41. The zero-order valence-electron chi connectivity index (χ0n) is 12.7. The van der Waals surface area contributed by atoms with Crippen molar-refractivity contribution in [3.05, 3.63) is 66.2 Å². The van der Waals surface area contributed by atoms with Gasteiger partial charge in [0.25, 0.3) is 0 Å². The molecule has 3 rings (SSSR count). The van der Waals surface area contributed by atoms with Gasteiger partial charge in [0.15, 0.2) is 6.61 Å². The maximum atomic E-state index is 12.4. The molecule has 0 aliphatic rings. The molecule has 3 aromatic rings. The van der Waals surface area contributed by atoms with Gasteiger partial charge in [0.05, 0.1) is 11.2 Å². The van der Waals surface area contributed by atoms with Gasteiger partial charge in [-0.05, 0) is 12.1 Å². The summed E-state index contributed by atoms with van der Waals surface area (Å²) in [6, 6.07) is 18.9. The summed E-state index contributed by atoms with van der Waals surface area (Å²) in [6.07, 6.45) is 0. The van der Waals surface area contributed by atoms with Gasteiger partial charge in [0.1, 0.15) is 0 Å². The summed E-state index contributed by atoms with van der Waals surface area (Å²) in [6.45, 7) is 1.02. The number of para-hydroxylation sites is 1. The predicted molar refractivity (Wildman–Crippen MR) is 88.1 cm³/mol. The molecule has 0 unspecified atom stereocenters. The van der Waals surface area contributed by atoms with Gasteiger partial charge in [-0.1, -0.05) is 48.5 Å². The maximum absolute atomic E-state index is 12.4. The van der Waals surface area contributed by atoms with Gasteiger partial charge in [-0.3, -0.25) is 9.59 Å². The lowest BCUT2D eigenvalue weighted by Crippen LogP contribution is -2.12. The molecule has 0 bridgehead atoms. The third kappa shape index (κ3) is 3.26. The Balaban J connectivity index is 2.11. The number of hydrogen-bond acceptors (Lipinski definition) is 4. The average molecular weight is 305 g/mol. The summed E-state index contributed by atoms with van der Waals surface area (Å²) >= 11 is 0. The minimum Gasteiger partial charge on any atom is -0.457 e. The first kappa shape index (κ1) is 14.9. The van der Waals surface area contributed by atoms with Crippen LogP contribution in [0, 0.1) is 0 Å². The Bertz CT molecular complexity index is 872. The fourth-order valence-electron chi connectivity index (χ4n) is 2.41. The summed E-state index contributed by atoms with van der Waals surface area (Å²) in [5.41, 5.74) is 2.89. The lowest BCUT2D eigenvalue weighted by molar-refractivity contribution is -0.139. The Morgan fingerprint density at radius 3 is 2.43 bits per heavy atom. The van der Waals surface area contributed by atoms with Crippen molar-refractivity contribution in [1.82, 2.24) is 4.98 Å². The van der Waals surface area contributed by atoms with E-state index in [0.717, 1.165) is 22.2 Å². The first-order chi connectivity index (χ1) is 11.1. The number of esters is 1. The van der Waals surface area contributed by atoms with Crippen LogP contribution in [0.5, 0.6) is 0 Å². The largest absolute Gasteiger partial charge is 0.457 e. The van der Waals surface area contributed by atoms with Gasteiger partial charge < -0.3 is 4.74 Å². The summed E-state index contributed by atoms with van der Waals surface area (Å²) in [5, 5.41) is 0.754. The molecule has 0 radical (unpaired) electrons. The van der Waals surface area contributed by atoms with E-state index in [-0.39, 0.29) is 12.4 Å². The Morgan fingerprint density at radius 1 is 1.00 bits per heavy atom. The number of aromatic nitrogens is 1. The van der Waals surface area contributed by atoms with Crippen LogP contribution in [0.1, 0.15) is 17.3 Å². The molecule has 2 aromatic carbocycles. The number of Topliss-reactive ketones (excluding diaryl/α,β-unsaturated/α-hetero) is 1. The average Bonchev–Trinajstić information content (AvgIpc) is 2.59. The van der Waals surface area contributed by atoms with Gasteiger partial charge in [-0.25, -0.2) is 4.98 Å². The topological polar surface area (TPSA) is 56.3 Å². The van der Waals surface area contributed by atoms with Gasteiger partial charge in [0, 0.05) is 23.4 Å². The Kier molecular flexibility index (Phi) is 4.15. The van der Waals surface area contributed by atoms with Crippen LogP contribution in [-0.2, 0) is 9.53 Å². The van der Waals surface area contributed by atoms with Crippen molar-refractivity contribution < 1.29 is 14.3 Å². The van der Waals surface area contributed by atoms with Crippen molar-refractivity contribution in [3.8, 4) is 11.3 Å². The highest BCUT2D eigenvalue weighted by molar-refractivity contribution is 6.09. The van der Waals surface area contributed by atoms with Crippen molar-refractivity contribution in [2.75, 3.05) is 6.61 Å². The lowest BCUT2D eigenvalue weighted by Gasteiger charge is -2.09.